The van der Waals surface area contributed by atoms with Crippen molar-refractivity contribution < 1.29 is 9.53 Å². The van der Waals surface area contributed by atoms with Gasteiger partial charge in [0.2, 0.25) is 11.9 Å². The number of carbonyl (C=O) groups excluding carboxylic acids is 1. The summed E-state index contributed by atoms with van der Waals surface area (Å²) < 4.78 is 6.17. The number of nitrogen functional groups attached to an aromatic ring is 1. The van der Waals surface area contributed by atoms with Gasteiger partial charge in [-0.2, -0.15) is 0 Å². The van der Waals surface area contributed by atoms with Crippen molar-refractivity contribution in [2.45, 2.75) is 44.6 Å². The summed E-state index contributed by atoms with van der Waals surface area (Å²) in [4.78, 5) is 23.2. The molecule has 1 aromatic heterocycles. The molecule has 1 amide bonds. The molecule has 2 N–H and O–H groups in total. The summed E-state index contributed by atoms with van der Waals surface area (Å²) in [6.45, 7) is 4.12. The molecule has 4 rings (SSSR count). The van der Waals surface area contributed by atoms with Gasteiger partial charge in [0.25, 0.3) is 0 Å². The Morgan fingerprint density at radius 3 is 2.74 bits per heavy atom. The summed E-state index contributed by atoms with van der Waals surface area (Å²) in [7, 11) is 0. The van der Waals surface area contributed by atoms with E-state index in [2.05, 4.69) is 41.2 Å². The molecule has 0 saturated carbocycles. The first kappa shape index (κ1) is 17.9. The number of aromatic nitrogens is 2. The molecule has 0 radical (unpaired) electrons. The maximum absolute atomic E-state index is 12.6. The molecule has 6 heteroatoms. The summed E-state index contributed by atoms with van der Waals surface area (Å²) in [6, 6.07) is 8.39. The summed E-state index contributed by atoms with van der Waals surface area (Å²) in [5, 5.41) is 0. The molecule has 27 heavy (non-hydrogen) atoms. The van der Waals surface area contributed by atoms with E-state index in [1.165, 1.54) is 11.1 Å². The number of hydrogen-bond donors (Lipinski definition) is 1. The Hall–Kier alpha value is -2.47. The second kappa shape index (κ2) is 7.27. The Morgan fingerprint density at radius 2 is 2.00 bits per heavy atom. The van der Waals surface area contributed by atoms with Gasteiger partial charge in [0, 0.05) is 25.7 Å². The molecule has 1 aromatic carbocycles. The highest BCUT2D eigenvalue weighted by atomic mass is 16.5. The molecule has 1 fully saturated rings. The van der Waals surface area contributed by atoms with E-state index in [0.717, 1.165) is 36.9 Å². The van der Waals surface area contributed by atoms with Crippen LogP contribution in [0.3, 0.4) is 0 Å². The summed E-state index contributed by atoms with van der Waals surface area (Å²) >= 11 is 0. The van der Waals surface area contributed by atoms with Crippen molar-refractivity contribution in [2.24, 2.45) is 0 Å². The smallest absolute Gasteiger partial charge is 0.222 e. The molecular weight excluding hydrogens is 340 g/mol. The van der Waals surface area contributed by atoms with E-state index >= 15 is 0 Å². The Kier molecular flexibility index (Phi) is 4.83. The maximum atomic E-state index is 12.6. The molecule has 0 atom stereocenters. The van der Waals surface area contributed by atoms with Crippen LogP contribution in [-0.2, 0) is 28.0 Å². The van der Waals surface area contributed by atoms with Gasteiger partial charge in [-0.1, -0.05) is 29.8 Å². The fraction of sp³-hybridized carbons (Fsp3) is 0.476. The first-order valence-corrected chi connectivity index (χ1v) is 9.65. The number of fused-ring (bicyclic) bond motifs is 2. The minimum atomic E-state index is -0.418. The number of anilines is 1. The molecule has 2 aliphatic heterocycles. The van der Waals surface area contributed by atoms with Gasteiger partial charge in [0.1, 0.15) is 5.60 Å². The predicted molar refractivity (Wildman–Crippen MR) is 103 cm³/mol. The number of piperidine rings is 1. The Bertz CT molecular complexity index is 827. The van der Waals surface area contributed by atoms with Crippen LogP contribution in [0.5, 0.6) is 0 Å². The number of ether oxygens (including phenoxy) is 1. The lowest BCUT2D eigenvalue weighted by molar-refractivity contribution is -0.141. The van der Waals surface area contributed by atoms with Gasteiger partial charge in [-0.25, -0.2) is 9.97 Å². The van der Waals surface area contributed by atoms with E-state index in [0.29, 0.717) is 26.1 Å². The topological polar surface area (TPSA) is 81.3 Å². The number of likely N-dealkylation sites (tertiary alicyclic amines) is 1. The fourth-order valence-electron chi connectivity index (χ4n) is 4.09. The highest BCUT2D eigenvalue weighted by Gasteiger charge is 2.43. The number of nitrogens with two attached hydrogens (primary N) is 1. The zero-order chi connectivity index (χ0) is 18.9. The van der Waals surface area contributed by atoms with Gasteiger partial charge in [-0.15, -0.1) is 0 Å². The number of benzene rings is 1. The van der Waals surface area contributed by atoms with Crippen molar-refractivity contribution >= 4 is 11.9 Å². The van der Waals surface area contributed by atoms with Gasteiger partial charge in [-0.05, 0) is 43.7 Å². The molecule has 1 spiro atoms. The average molecular weight is 366 g/mol. The SMILES string of the molecule is Cc1ccc(CCC(=O)N2CCC3(CC2)OCCc2cnc(N)nc23)cc1. The van der Waals surface area contributed by atoms with E-state index in [9.17, 15) is 4.79 Å². The van der Waals surface area contributed by atoms with Crippen molar-refractivity contribution in [3.8, 4) is 0 Å². The lowest BCUT2D eigenvalue weighted by Gasteiger charge is -2.44. The molecular formula is C21H26N4O2. The highest BCUT2D eigenvalue weighted by molar-refractivity contribution is 5.76. The number of hydrogen-bond acceptors (Lipinski definition) is 5. The van der Waals surface area contributed by atoms with Crippen molar-refractivity contribution in [2.75, 3.05) is 25.4 Å². The van der Waals surface area contributed by atoms with Gasteiger partial charge in [-0.3, -0.25) is 4.79 Å². The molecule has 2 aromatic rings. The van der Waals surface area contributed by atoms with Gasteiger partial charge >= 0.3 is 0 Å². The van der Waals surface area contributed by atoms with Crippen molar-refractivity contribution in [3.63, 3.8) is 0 Å². The van der Waals surface area contributed by atoms with Crippen LogP contribution in [0.1, 0.15) is 41.6 Å². The Morgan fingerprint density at radius 1 is 1.26 bits per heavy atom. The molecule has 1 saturated heterocycles. The third-order valence-electron chi connectivity index (χ3n) is 5.74. The van der Waals surface area contributed by atoms with Crippen LogP contribution in [0, 0.1) is 6.92 Å². The molecule has 0 aliphatic carbocycles. The van der Waals surface area contributed by atoms with E-state index in [1.807, 2.05) is 11.1 Å². The minimum absolute atomic E-state index is 0.212. The zero-order valence-corrected chi connectivity index (χ0v) is 15.8. The number of rotatable bonds is 3. The Balaban J connectivity index is 1.38. The number of amides is 1. The molecule has 0 bridgehead atoms. The lowest BCUT2D eigenvalue weighted by Crippen LogP contribution is -2.49. The van der Waals surface area contributed by atoms with Crippen molar-refractivity contribution in [1.82, 2.24) is 14.9 Å². The fourth-order valence-corrected chi connectivity index (χ4v) is 4.09. The minimum Gasteiger partial charge on any atom is -0.368 e. The van der Waals surface area contributed by atoms with Gasteiger partial charge in [0.05, 0.1) is 12.3 Å². The molecule has 6 nitrogen and oxygen atoms in total. The van der Waals surface area contributed by atoms with Gasteiger partial charge in [0.15, 0.2) is 0 Å². The first-order chi connectivity index (χ1) is 13.1. The second-order valence-electron chi connectivity index (χ2n) is 7.56. The van der Waals surface area contributed by atoms with Crippen molar-refractivity contribution in [3.05, 3.63) is 52.8 Å². The monoisotopic (exact) mass is 366 g/mol. The quantitative estimate of drug-likeness (QED) is 0.902. The third kappa shape index (κ3) is 3.67. The molecule has 3 heterocycles. The Labute approximate surface area is 159 Å². The summed E-state index contributed by atoms with van der Waals surface area (Å²) in [5.74, 6) is 0.499. The van der Waals surface area contributed by atoms with Gasteiger partial charge < -0.3 is 15.4 Å². The first-order valence-electron chi connectivity index (χ1n) is 9.65. The van der Waals surface area contributed by atoms with E-state index in [4.69, 9.17) is 10.5 Å². The van der Waals surface area contributed by atoms with Crippen LogP contribution < -0.4 is 5.73 Å². The van der Waals surface area contributed by atoms with Crippen LogP contribution in [0.4, 0.5) is 5.95 Å². The number of nitrogens with zero attached hydrogens (tertiary/aromatic N) is 3. The highest BCUT2D eigenvalue weighted by Crippen LogP contribution is 2.40. The van der Waals surface area contributed by atoms with E-state index < -0.39 is 5.60 Å². The van der Waals surface area contributed by atoms with Crippen molar-refractivity contribution in [1.29, 1.82) is 0 Å². The summed E-state index contributed by atoms with van der Waals surface area (Å²) in [6.07, 6.45) is 5.48. The third-order valence-corrected chi connectivity index (χ3v) is 5.74. The average Bonchev–Trinajstić information content (AvgIpc) is 2.69. The largest absolute Gasteiger partial charge is 0.368 e. The lowest BCUT2D eigenvalue weighted by atomic mass is 9.83. The number of carbonyl (C=O) groups is 1. The molecule has 0 unspecified atom stereocenters. The normalized spacial score (nSPS) is 18.3. The van der Waals surface area contributed by atoms with Crippen LogP contribution in [-0.4, -0.2) is 40.5 Å². The standard InChI is InChI=1S/C21H26N4O2/c1-15-2-4-16(5-3-15)6-7-18(26)25-11-9-21(10-12-25)19-17(8-13-27-21)14-23-20(22)24-19/h2-5,14H,6-13H2,1H3,(H2,22,23,24). The maximum Gasteiger partial charge on any atom is 0.222 e. The summed E-state index contributed by atoms with van der Waals surface area (Å²) in [5.41, 5.74) is 9.88. The van der Waals surface area contributed by atoms with Crippen LogP contribution in [0.25, 0.3) is 0 Å². The molecule has 142 valence electrons. The second-order valence-corrected chi connectivity index (χ2v) is 7.56. The number of aryl methyl sites for hydroxylation is 2. The zero-order valence-electron chi connectivity index (χ0n) is 15.8. The van der Waals surface area contributed by atoms with Crippen LogP contribution >= 0.6 is 0 Å². The molecule has 2 aliphatic rings. The van der Waals surface area contributed by atoms with Crippen LogP contribution in [0.15, 0.2) is 30.5 Å². The predicted octanol–water partition coefficient (Wildman–Crippen LogP) is 2.39. The van der Waals surface area contributed by atoms with E-state index in [-0.39, 0.29) is 11.9 Å². The van der Waals surface area contributed by atoms with Crippen LogP contribution in [0.2, 0.25) is 0 Å². The van der Waals surface area contributed by atoms with E-state index in [1.54, 1.807) is 0 Å².